The minimum absolute atomic E-state index is 0.813. The Morgan fingerprint density at radius 3 is 2.64 bits per heavy atom. The minimum atomic E-state index is 0.813. The van der Waals surface area contributed by atoms with Crippen molar-refractivity contribution in [3.63, 3.8) is 0 Å². The monoisotopic (exact) mass is 395 g/mol. The van der Waals surface area contributed by atoms with Crippen molar-refractivity contribution in [1.29, 1.82) is 0 Å². The van der Waals surface area contributed by atoms with E-state index >= 15 is 0 Å². The van der Waals surface area contributed by atoms with Crippen LogP contribution < -0.4 is 4.90 Å². The third-order valence-corrected chi connectivity index (χ3v) is 5.62. The summed E-state index contributed by atoms with van der Waals surface area (Å²) in [6.07, 6.45) is 0.935. The van der Waals surface area contributed by atoms with Gasteiger partial charge in [0.25, 0.3) is 0 Å². The lowest BCUT2D eigenvalue weighted by Crippen LogP contribution is -2.36. The van der Waals surface area contributed by atoms with Gasteiger partial charge in [-0.05, 0) is 29.8 Å². The van der Waals surface area contributed by atoms with E-state index in [1.165, 1.54) is 28.1 Å². The summed E-state index contributed by atoms with van der Waals surface area (Å²) in [6, 6.07) is 15.1. The fourth-order valence-corrected chi connectivity index (χ4v) is 4.05. The average molecular weight is 396 g/mol. The zero-order valence-corrected chi connectivity index (χ0v) is 15.3. The lowest BCUT2D eigenvalue weighted by Gasteiger charge is -2.29. The van der Waals surface area contributed by atoms with Gasteiger partial charge in [0.2, 0.25) is 0 Å². The lowest BCUT2D eigenvalue weighted by atomic mass is 10.1. The zero-order chi connectivity index (χ0) is 16.8. The lowest BCUT2D eigenvalue weighted by molar-refractivity contribution is 0.122. The molecule has 25 heavy (non-hydrogen) atoms. The summed E-state index contributed by atoms with van der Waals surface area (Å²) < 4.78 is 6.55. The number of ether oxygens (including phenoxy) is 1. The van der Waals surface area contributed by atoms with E-state index < -0.39 is 0 Å². The molecule has 2 aromatic carbocycles. The van der Waals surface area contributed by atoms with E-state index in [4.69, 9.17) is 4.74 Å². The molecule has 1 aliphatic carbocycles. The van der Waals surface area contributed by atoms with Gasteiger partial charge in [0.15, 0.2) is 0 Å². The number of fused-ring (bicyclic) bond motifs is 3. The Labute approximate surface area is 154 Å². The fraction of sp³-hybridized carbons (Fsp3) is 0.250. The van der Waals surface area contributed by atoms with Crippen LogP contribution in [0.2, 0.25) is 0 Å². The topological polar surface area (TPSA) is 41.2 Å². The number of morpholine rings is 1. The number of halogens is 1. The van der Waals surface area contributed by atoms with Crippen molar-refractivity contribution in [3.8, 4) is 22.5 Å². The fourth-order valence-electron chi connectivity index (χ4n) is 3.79. The van der Waals surface area contributed by atoms with Crippen LogP contribution in [0, 0.1) is 0 Å². The summed E-state index contributed by atoms with van der Waals surface area (Å²) in [4.78, 5) is 2.41. The molecule has 5 rings (SSSR count). The number of hydrogen-bond acceptors (Lipinski definition) is 3. The number of benzene rings is 2. The van der Waals surface area contributed by atoms with Crippen molar-refractivity contribution in [2.45, 2.75) is 6.42 Å². The molecule has 0 saturated carbocycles. The minimum Gasteiger partial charge on any atom is -0.378 e. The van der Waals surface area contributed by atoms with Crippen molar-refractivity contribution >= 4 is 21.6 Å². The summed E-state index contributed by atoms with van der Waals surface area (Å²) >= 11 is 3.50. The van der Waals surface area contributed by atoms with E-state index in [0.29, 0.717) is 0 Å². The largest absolute Gasteiger partial charge is 0.378 e. The molecule has 2 aliphatic rings. The van der Waals surface area contributed by atoms with Gasteiger partial charge in [0, 0.05) is 46.4 Å². The summed E-state index contributed by atoms with van der Waals surface area (Å²) in [7, 11) is 0. The number of aromatic amines is 1. The first-order valence-corrected chi connectivity index (χ1v) is 9.38. The highest BCUT2D eigenvalue weighted by molar-refractivity contribution is 9.10. The number of nitrogens with zero attached hydrogens (tertiary/aromatic N) is 2. The molecule has 0 radical (unpaired) electrons. The quantitative estimate of drug-likeness (QED) is 0.551. The molecular weight excluding hydrogens is 378 g/mol. The van der Waals surface area contributed by atoms with Gasteiger partial charge in [-0.15, -0.1) is 0 Å². The van der Waals surface area contributed by atoms with Crippen molar-refractivity contribution in [2.24, 2.45) is 0 Å². The third kappa shape index (κ3) is 2.58. The first-order valence-electron chi connectivity index (χ1n) is 8.59. The number of H-pyrrole nitrogens is 1. The van der Waals surface area contributed by atoms with Gasteiger partial charge in [0.1, 0.15) is 0 Å². The smallest absolute Gasteiger partial charge is 0.0962 e. The maximum absolute atomic E-state index is 5.47. The molecule has 1 N–H and O–H groups in total. The predicted octanol–water partition coefficient (Wildman–Crippen LogP) is 4.25. The number of nitrogens with one attached hydrogen (secondary N) is 1. The van der Waals surface area contributed by atoms with Crippen LogP contribution >= 0.6 is 15.9 Å². The van der Waals surface area contributed by atoms with E-state index in [9.17, 15) is 0 Å². The van der Waals surface area contributed by atoms with Gasteiger partial charge in [-0.1, -0.05) is 34.1 Å². The molecule has 3 aromatic rings. The Bertz CT molecular complexity index is 927. The molecule has 5 heteroatoms. The predicted molar refractivity (Wildman–Crippen MR) is 103 cm³/mol. The van der Waals surface area contributed by atoms with Gasteiger partial charge in [-0.25, -0.2) is 0 Å². The molecular formula is C20H18BrN3O. The molecule has 1 fully saturated rings. The van der Waals surface area contributed by atoms with Gasteiger partial charge < -0.3 is 9.64 Å². The number of hydrogen-bond donors (Lipinski definition) is 1. The molecule has 1 aliphatic heterocycles. The molecule has 0 unspecified atom stereocenters. The maximum Gasteiger partial charge on any atom is 0.0962 e. The Kier molecular flexibility index (Phi) is 3.64. The van der Waals surface area contributed by atoms with Crippen LogP contribution in [0.25, 0.3) is 22.5 Å². The second kappa shape index (κ2) is 6.00. The highest BCUT2D eigenvalue weighted by Gasteiger charge is 2.26. The SMILES string of the molecule is Brc1ccc(-c2n[nH]c3c2Cc2cc(N4CCOCC4)ccc2-3)cc1. The molecule has 0 amide bonds. The molecule has 0 bridgehead atoms. The van der Waals surface area contributed by atoms with Crippen molar-refractivity contribution < 1.29 is 4.74 Å². The van der Waals surface area contributed by atoms with Gasteiger partial charge in [0.05, 0.1) is 24.6 Å². The van der Waals surface area contributed by atoms with E-state index in [2.05, 4.69) is 73.5 Å². The molecule has 1 aromatic heterocycles. The van der Waals surface area contributed by atoms with Crippen molar-refractivity contribution in [3.05, 3.63) is 58.1 Å². The standard InChI is InChI=1S/C20H18BrN3O/c21-15-3-1-13(2-4-15)19-18-12-14-11-16(24-7-9-25-10-8-24)5-6-17(14)20(18)23-22-19/h1-6,11H,7-10,12H2,(H,22,23). The average Bonchev–Trinajstić information content (AvgIpc) is 3.22. The van der Waals surface area contributed by atoms with Crippen LogP contribution in [-0.2, 0) is 11.2 Å². The maximum atomic E-state index is 5.47. The number of aromatic nitrogens is 2. The van der Waals surface area contributed by atoms with Crippen LogP contribution in [0.3, 0.4) is 0 Å². The van der Waals surface area contributed by atoms with Crippen LogP contribution in [0.15, 0.2) is 46.9 Å². The number of anilines is 1. The number of rotatable bonds is 2. The molecule has 0 atom stereocenters. The van der Waals surface area contributed by atoms with E-state index in [0.717, 1.165) is 48.5 Å². The molecule has 4 nitrogen and oxygen atoms in total. The van der Waals surface area contributed by atoms with Gasteiger partial charge in [-0.3, -0.25) is 5.10 Å². The van der Waals surface area contributed by atoms with Crippen molar-refractivity contribution in [1.82, 2.24) is 10.2 Å². The second-order valence-electron chi connectivity index (χ2n) is 6.55. The summed E-state index contributed by atoms with van der Waals surface area (Å²) in [5.41, 5.74) is 8.64. The Hall–Kier alpha value is -2.11. The first kappa shape index (κ1) is 15.2. The Morgan fingerprint density at radius 1 is 1.04 bits per heavy atom. The highest BCUT2D eigenvalue weighted by atomic mass is 79.9. The van der Waals surface area contributed by atoms with E-state index in [1.54, 1.807) is 0 Å². The van der Waals surface area contributed by atoms with E-state index in [-0.39, 0.29) is 0 Å². The Morgan fingerprint density at radius 2 is 1.84 bits per heavy atom. The van der Waals surface area contributed by atoms with Crippen LogP contribution in [0.1, 0.15) is 11.1 Å². The van der Waals surface area contributed by atoms with Crippen LogP contribution in [0.5, 0.6) is 0 Å². The summed E-state index contributed by atoms with van der Waals surface area (Å²) in [6.45, 7) is 3.56. The summed E-state index contributed by atoms with van der Waals surface area (Å²) in [5.74, 6) is 0. The Balaban J connectivity index is 1.50. The highest BCUT2D eigenvalue weighted by Crippen LogP contribution is 2.41. The third-order valence-electron chi connectivity index (χ3n) is 5.09. The zero-order valence-electron chi connectivity index (χ0n) is 13.8. The van der Waals surface area contributed by atoms with Crippen molar-refractivity contribution in [2.75, 3.05) is 31.2 Å². The van der Waals surface area contributed by atoms with Gasteiger partial charge in [-0.2, -0.15) is 5.10 Å². The van der Waals surface area contributed by atoms with Crippen LogP contribution in [0.4, 0.5) is 5.69 Å². The van der Waals surface area contributed by atoms with Crippen LogP contribution in [-0.4, -0.2) is 36.5 Å². The first-order chi connectivity index (χ1) is 12.3. The van der Waals surface area contributed by atoms with Gasteiger partial charge >= 0.3 is 0 Å². The van der Waals surface area contributed by atoms with E-state index in [1.807, 2.05) is 0 Å². The molecule has 0 spiro atoms. The summed E-state index contributed by atoms with van der Waals surface area (Å²) in [5, 5.41) is 7.84. The molecule has 126 valence electrons. The molecule has 1 saturated heterocycles. The normalized spacial score (nSPS) is 16.0. The second-order valence-corrected chi connectivity index (χ2v) is 7.47. The molecule has 2 heterocycles.